The molecule has 0 saturated carbocycles. The maximum absolute atomic E-state index is 13.0. The summed E-state index contributed by atoms with van der Waals surface area (Å²) in [6.07, 6.45) is 6.67. The minimum Gasteiger partial charge on any atom is -0.394 e. The molecule has 8 heteroatoms. The van der Waals surface area contributed by atoms with E-state index in [1.807, 2.05) is 0 Å². The second-order valence-electron chi connectivity index (χ2n) is 10.4. The molecule has 0 bridgehead atoms. The molecule has 1 amide bonds. The Morgan fingerprint density at radius 3 is 1.74 bits per heavy atom. The lowest BCUT2D eigenvalue weighted by Crippen LogP contribution is -2.54. The molecule has 0 rings (SSSR count). The Kier molecular flexibility index (Phi) is 19.0. The Balaban J connectivity index is 4.91. The Hall–Kier alpha value is -0.770. The van der Waals surface area contributed by atoms with Gasteiger partial charge in [-0.15, -0.1) is 0 Å². The molecule has 0 aromatic heterocycles. The van der Waals surface area contributed by atoms with Gasteiger partial charge in [-0.1, -0.05) is 71.6 Å². The first-order valence-corrected chi connectivity index (χ1v) is 13.5. The molecule has 0 saturated heterocycles. The summed E-state index contributed by atoms with van der Waals surface area (Å²) in [7, 11) is 4.29. The highest BCUT2D eigenvalue weighted by Crippen LogP contribution is 2.13. The topological polar surface area (TPSA) is 121 Å². The molecule has 0 radical (unpaired) electrons. The maximum Gasteiger partial charge on any atom is 0.254 e. The van der Waals surface area contributed by atoms with Crippen molar-refractivity contribution in [3.63, 3.8) is 0 Å². The lowest BCUT2D eigenvalue weighted by atomic mass is 10.0. The van der Waals surface area contributed by atoms with Gasteiger partial charge in [0.05, 0.1) is 40.3 Å². The Morgan fingerprint density at radius 2 is 1.21 bits per heavy atom. The predicted molar refractivity (Wildman–Crippen MR) is 136 cm³/mol. The van der Waals surface area contributed by atoms with Crippen molar-refractivity contribution in [2.24, 2.45) is 0 Å². The van der Waals surface area contributed by atoms with Crippen molar-refractivity contribution in [3.05, 3.63) is 0 Å². The van der Waals surface area contributed by atoms with E-state index in [9.17, 15) is 25.2 Å². The molecule has 0 aliphatic carbocycles. The third-order valence-corrected chi connectivity index (χ3v) is 6.69. The molecule has 8 nitrogen and oxygen atoms in total. The van der Waals surface area contributed by atoms with Crippen LogP contribution in [0.15, 0.2) is 0 Å². The number of hydrogen-bond donors (Lipinski definition) is 5. The van der Waals surface area contributed by atoms with Crippen LogP contribution in [0.5, 0.6) is 0 Å². The molecule has 0 aliphatic heterocycles. The van der Waals surface area contributed by atoms with Gasteiger partial charge in [0.1, 0.15) is 18.3 Å². The third kappa shape index (κ3) is 14.6. The highest BCUT2D eigenvalue weighted by atomic mass is 16.4. The van der Waals surface area contributed by atoms with E-state index in [1.165, 1.54) is 51.4 Å². The van der Waals surface area contributed by atoms with E-state index >= 15 is 0 Å². The zero-order chi connectivity index (χ0) is 26.0. The molecule has 0 aliphatic rings. The molecule has 34 heavy (non-hydrogen) atoms. The van der Waals surface area contributed by atoms with Crippen LogP contribution in [0.25, 0.3) is 0 Å². The number of likely N-dealkylation sites (N-methyl/N-ethyl adjacent to an activating group) is 1. The van der Waals surface area contributed by atoms with Gasteiger partial charge >= 0.3 is 0 Å². The monoisotopic (exact) mass is 491 g/mol. The van der Waals surface area contributed by atoms with Crippen molar-refractivity contribution in [2.45, 2.75) is 115 Å². The fraction of sp³-hybridized carbons (Fsp3) is 0.962. The summed E-state index contributed by atoms with van der Waals surface area (Å²) in [5.41, 5.74) is 0. The summed E-state index contributed by atoms with van der Waals surface area (Å²) in [6.45, 7) is 6.26. The summed E-state index contributed by atoms with van der Waals surface area (Å²) in [5.74, 6) is -0.648. The van der Waals surface area contributed by atoms with Gasteiger partial charge in [-0.3, -0.25) is 4.79 Å². The third-order valence-electron chi connectivity index (χ3n) is 6.69. The SMILES string of the molecule is CCCCCCCCN(CC[N+](C)(C)CCCCCCCC)C(=O)[C@H](O)[C@@H](O)[C@H](O)[C@H](O)CO. The highest BCUT2D eigenvalue weighted by Gasteiger charge is 2.36. The summed E-state index contributed by atoms with van der Waals surface area (Å²) in [4.78, 5) is 14.6. The number of amides is 1. The summed E-state index contributed by atoms with van der Waals surface area (Å²) in [6, 6.07) is 0. The van der Waals surface area contributed by atoms with Crippen LogP contribution in [0.4, 0.5) is 0 Å². The first kappa shape index (κ1) is 33.2. The highest BCUT2D eigenvalue weighted by molar-refractivity contribution is 5.81. The van der Waals surface area contributed by atoms with Crippen LogP contribution in [0.3, 0.4) is 0 Å². The Bertz CT molecular complexity index is 506. The molecule has 4 atom stereocenters. The summed E-state index contributed by atoms with van der Waals surface area (Å²) in [5, 5.41) is 49.1. The van der Waals surface area contributed by atoms with Crippen molar-refractivity contribution in [1.29, 1.82) is 0 Å². The van der Waals surface area contributed by atoms with Gasteiger partial charge in [-0.05, 0) is 19.3 Å². The first-order chi connectivity index (χ1) is 16.1. The molecule has 0 fully saturated rings. The van der Waals surface area contributed by atoms with E-state index in [0.29, 0.717) is 13.1 Å². The molecular weight excluding hydrogens is 436 g/mol. The number of nitrogens with zero attached hydrogens (tertiary/aromatic N) is 2. The number of carbonyl (C=O) groups is 1. The van der Waals surface area contributed by atoms with Crippen LogP contribution in [-0.2, 0) is 4.79 Å². The number of unbranched alkanes of at least 4 members (excludes halogenated alkanes) is 10. The Morgan fingerprint density at radius 1 is 0.706 bits per heavy atom. The number of aliphatic hydroxyl groups is 5. The van der Waals surface area contributed by atoms with Crippen molar-refractivity contribution >= 4 is 5.91 Å². The molecule has 5 N–H and O–H groups in total. The molecule has 0 unspecified atom stereocenters. The summed E-state index contributed by atoms with van der Waals surface area (Å²) >= 11 is 0. The summed E-state index contributed by atoms with van der Waals surface area (Å²) < 4.78 is 0.762. The van der Waals surface area contributed by atoms with Crippen LogP contribution in [0.2, 0.25) is 0 Å². The second kappa shape index (κ2) is 19.4. The maximum atomic E-state index is 13.0. The predicted octanol–water partition coefficient (Wildman–Crippen LogP) is 2.05. The van der Waals surface area contributed by atoms with Gasteiger partial charge in [-0.2, -0.15) is 0 Å². The smallest absolute Gasteiger partial charge is 0.254 e. The minimum atomic E-state index is -1.87. The van der Waals surface area contributed by atoms with Crippen molar-refractivity contribution in [3.8, 4) is 0 Å². The van der Waals surface area contributed by atoms with Gasteiger partial charge in [0.15, 0.2) is 6.10 Å². The standard InChI is InChI=1S/C26H55N2O6/c1-5-7-9-11-13-15-17-27(26(34)25(33)24(32)23(31)22(30)21-29)18-20-28(3,4)19-16-14-12-10-8-6-2/h22-25,29-33H,5-21H2,1-4H3/q+1/t22-,23-,24+,25-/m1/s1. The van der Waals surface area contributed by atoms with E-state index in [-0.39, 0.29) is 0 Å². The van der Waals surface area contributed by atoms with E-state index in [1.54, 1.807) is 4.90 Å². The van der Waals surface area contributed by atoms with Gasteiger partial charge in [0.25, 0.3) is 5.91 Å². The minimum absolute atomic E-state index is 0.444. The van der Waals surface area contributed by atoms with E-state index in [0.717, 1.165) is 43.3 Å². The molecular formula is C26H55N2O6+. The average Bonchev–Trinajstić information content (AvgIpc) is 2.82. The van der Waals surface area contributed by atoms with Crippen molar-refractivity contribution in [2.75, 3.05) is 46.9 Å². The number of quaternary nitrogens is 1. The number of hydrogen-bond acceptors (Lipinski definition) is 6. The molecule has 204 valence electrons. The molecule has 0 spiro atoms. The normalized spacial score (nSPS) is 15.7. The zero-order valence-electron chi connectivity index (χ0n) is 22.4. The molecule has 0 aromatic carbocycles. The van der Waals surface area contributed by atoms with E-state index in [4.69, 9.17) is 5.11 Å². The fourth-order valence-corrected chi connectivity index (χ4v) is 4.09. The van der Waals surface area contributed by atoms with Gasteiger partial charge in [0, 0.05) is 6.54 Å². The quantitative estimate of drug-likeness (QED) is 0.117. The van der Waals surface area contributed by atoms with Gasteiger partial charge in [-0.25, -0.2) is 0 Å². The zero-order valence-corrected chi connectivity index (χ0v) is 22.4. The van der Waals surface area contributed by atoms with E-state index in [2.05, 4.69) is 27.9 Å². The van der Waals surface area contributed by atoms with Crippen molar-refractivity contribution in [1.82, 2.24) is 4.90 Å². The fourth-order valence-electron chi connectivity index (χ4n) is 4.09. The second-order valence-corrected chi connectivity index (χ2v) is 10.4. The number of rotatable bonds is 22. The van der Waals surface area contributed by atoms with Crippen LogP contribution in [-0.4, -0.2) is 112 Å². The lowest BCUT2D eigenvalue weighted by Gasteiger charge is -2.34. The van der Waals surface area contributed by atoms with Crippen LogP contribution in [0, 0.1) is 0 Å². The van der Waals surface area contributed by atoms with E-state index < -0.39 is 36.9 Å². The van der Waals surface area contributed by atoms with Gasteiger partial charge in [0.2, 0.25) is 0 Å². The molecule has 0 heterocycles. The number of carbonyl (C=O) groups excluding carboxylic acids is 1. The first-order valence-electron chi connectivity index (χ1n) is 13.5. The number of aliphatic hydroxyl groups excluding tert-OH is 5. The largest absolute Gasteiger partial charge is 0.394 e. The van der Waals surface area contributed by atoms with Gasteiger partial charge < -0.3 is 34.9 Å². The van der Waals surface area contributed by atoms with Crippen LogP contribution < -0.4 is 0 Å². The van der Waals surface area contributed by atoms with Crippen LogP contribution in [0.1, 0.15) is 90.9 Å². The molecule has 0 aromatic rings. The average molecular weight is 492 g/mol. The van der Waals surface area contributed by atoms with Crippen molar-refractivity contribution < 1.29 is 34.8 Å². The lowest BCUT2D eigenvalue weighted by molar-refractivity contribution is -0.889. The Labute approximate surface area is 208 Å². The van der Waals surface area contributed by atoms with Crippen LogP contribution >= 0.6 is 0 Å².